The van der Waals surface area contributed by atoms with Crippen molar-refractivity contribution in [3.63, 3.8) is 0 Å². The Bertz CT molecular complexity index is 813. The minimum Gasteiger partial charge on any atom is -0.466 e. The lowest BCUT2D eigenvalue weighted by molar-refractivity contribution is -0.143. The second kappa shape index (κ2) is 9.98. The lowest BCUT2D eigenvalue weighted by Crippen LogP contribution is -2.51. The highest BCUT2D eigenvalue weighted by Crippen LogP contribution is 2.43. The fourth-order valence-electron chi connectivity index (χ4n) is 4.75. The maximum absolute atomic E-state index is 13.4. The van der Waals surface area contributed by atoms with Crippen LogP contribution in [-0.2, 0) is 20.9 Å². The van der Waals surface area contributed by atoms with Crippen LogP contribution in [0, 0.1) is 11.3 Å². The van der Waals surface area contributed by atoms with Crippen molar-refractivity contribution in [2.24, 2.45) is 11.3 Å². The highest BCUT2D eigenvalue weighted by molar-refractivity contribution is 6.07. The van der Waals surface area contributed by atoms with Crippen LogP contribution < -0.4 is 5.32 Å². The van der Waals surface area contributed by atoms with E-state index in [1.54, 1.807) is 19.3 Å². The van der Waals surface area contributed by atoms with Crippen molar-refractivity contribution in [2.75, 3.05) is 19.8 Å². The van der Waals surface area contributed by atoms with Gasteiger partial charge in [-0.1, -0.05) is 26.8 Å². The lowest BCUT2D eigenvalue weighted by atomic mass is 9.67. The van der Waals surface area contributed by atoms with Crippen LogP contribution in [0.15, 0.2) is 24.5 Å². The van der Waals surface area contributed by atoms with E-state index >= 15 is 0 Å². The van der Waals surface area contributed by atoms with Crippen molar-refractivity contribution < 1.29 is 19.1 Å². The summed E-state index contributed by atoms with van der Waals surface area (Å²) in [6.07, 6.45) is 6.82. The smallest absolute Gasteiger partial charge is 0.326 e. The number of aromatic nitrogens is 1. The summed E-state index contributed by atoms with van der Waals surface area (Å²) in [5.41, 5.74) is 0.351. The quantitative estimate of drug-likeness (QED) is 0.489. The Morgan fingerprint density at radius 3 is 2.62 bits per heavy atom. The third-order valence-electron chi connectivity index (χ3n) is 6.72. The van der Waals surface area contributed by atoms with Crippen LogP contribution in [-0.4, -0.2) is 58.1 Å². The first-order valence-corrected chi connectivity index (χ1v) is 11.6. The first-order valence-electron chi connectivity index (χ1n) is 11.6. The van der Waals surface area contributed by atoms with E-state index in [2.05, 4.69) is 31.1 Å². The fourth-order valence-corrected chi connectivity index (χ4v) is 4.75. The minimum absolute atomic E-state index is 0.128. The number of carbonyl (C=O) groups excluding carboxylic acids is 3. The van der Waals surface area contributed by atoms with Gasteiger partial charge < -0.3 is 10.1 Å². The molecule has 1 spiro atoms. The van der Waals surface area contributed by atoms with E-state index in [0.29, 0.717) is 38.5 Å². The molecule has 1 saturated heterocycles. The van der Waals surface area contributed by atoms with Crippen LogP contribution in [0.25, 0.3) is 0 Å². The first kappa shape index (κ1) is 24.2. The summed E-state index contributed by atoms with van der Waals surface area (Å²) < 4.78 is 5.04. The van der Waals surface area contributed by atoms with E-state index in [-0.39, 0.29) is 36.4 Å². The molecule has 1 aromatic heterocycles. The normalized spacial score (nSPS) is 23.7. The largest absolute Gasteiger partial charge is 0.466 e. The molecule has 32 heavy (non-hydrogen) atoms. The van der Waals surface area contributed by atoms with Crippen LogP contribution in [0.3, 0.4) is 0 Å². The van der Waals surface area contributed by atoms with E-state index in [9.17, 15) is 14.4 Å². The molecule has 1 aliphatic carbocycles. The van der Waals surface area contributed by atoms with Gasteiger partial charge in [0.25, 0.3) is 5.91 Å². The Kier molecular flexibility index (Phi) is 7.54. The second-order valence-electron chi connectivity index (χ2n) is 10.00. The Labute approximate surface area is 190 Å². The van der Waals surface area contributed by atoms with Gasteiger partial charge in [0, 0.05) is 25.5 Å². The van der Waals surface area contributed by atoms with Gasteiger partial charge in [-0.3, -0.25) is 19.5 Å². The van der Waals surface area contributed by atoms with Crippen LogP contribution in [0.2, 0.25) is 0 Å². The monoisotopic (exact) mass is 444 g/mol. The summed E-state index contributed by atoms with van der Waals surface area (Å²) in [6, 6.07) is 3.43. The molecule has 0 radical (unpaired) electrons. The SMILES string of the molecule is CCOC(=O)CCN(Cc1cccnc1)CN1C(=O)NC2(CCC(C(C)(C)C)CC2)C1=O. The van der Waals surface area contributed by atoms with Gasteiger partial charge in [0.2, 0.25) is 0 Å². The molecular weight excluding hydrogens is 408 g/mol. The summed E-state index contributed by atoms with van der Waals surface area (Å²) in [6.45, 7) is 9.78. The molecule has 1 aliphatic heterocycles. The molecule has 2 heterocycles. The van der Waals surface area contributed by atoms with Gasteiger partial charge in [-0.15, -0.1) is 0 Å². The number of hydrogen-bond acceptors (Lipinski definition) is 6. The molecule has 2 aliphatic rings. The third-order valence-corrected chi connectivity index (χ3v) is 6.72. The van der Waals surface area contributed by atoms with Crippen molar-refractivity contribution in [1.29, 1.82) is 0 Å². The highest BCUT2D eigenvalue weighted by Gasteiger charge is 2.53. The van der Waals surface area contributed by atoms with Crippen LogP contribution in [0.4, 0.5) is 4.79 Å². The number of ether oxygens (including phenoxy) is 1. The molecule has 0 bridgehead atoms. The Hall–Kier alpha value is -2.48. The number of hydrogen-bond donors (Lipinski definition) is 1. The zero-order valence-corrected chi connectivity index (χ0v) is 19.7. The predicted octanol–water partition coefficient (Wildman–Crippen LogP) is 3.32. The second-order valence-corrected chi connectivity index (χ2v) is 10.00. The number of esters is 1. The Balaban J connectivity index is 1.69. The first-order chi connectivity index (χ1) is 15.1. The number of nitrogens with zero attached hydrogens (tertiary/aromatic N) is 3. The molecule has 176 valence electrons. The molecule has 1 saturated carbocycles. The summed E-state index contributed by atoms with van der Waals surface area (Å²) in [4.78, 5) is 45.5. The van der Waals surface area contributed by atoms with Gasteiger partial charge >= 0.3 is 12.0 Å². The van der Waals surface area contributed by atoms with Crippen molar-refractivity contribution in [1.82, 2.24) is 20.1 Å². The zero-order valence-electron chi connectivity index (χ0n) is 19.7. The van der Waals surface area contributed by atoms with Crippen LogP contribution in [0.1, 0.15) is 65.4 Å². The van der Waals surface area contributed by atoms with E-state index in [4.69, 9.17) is 4.74 Å². The van der Waals surface area contributed by atoms with Gasteiger partial charge in [0.05, 0.1) is 19.7 Å². The molecule has 3 amide bonds. The highest BCUT2D eigenvalue weighted by atomic mass is 16.5. The summed E-state index contributed by atoms with van der Waals surface area (Å²) in [5, 5.41) is 3.00. The average molecular weight is 445 g/mol. The van der Waals surface area contributed by atoms with Crippen molar-refractivity contribution >= 4 is 17.9 Å². The summed E-state index contributed by atoms with van der Waals surface area (Å²) >= 11 is 0. The van der Waals surface area contributed by atoms with Gasteiger partial charge in [0.1, 0.15) is 5.54 Å². The Morgan fingerprint density at radius 1 is 1.31 bits per heavy atom. The van der Waals surface area contributed by atoms with Crippen LogP contribution in [0.5, 0.6) is 0 Å². The number of urea groups is 1. The van der Waals surface area contributed by atoms with Gasteiger partial charge in [0.15, 0.2) is 0 Å². The molecule has 3 rings (SSSR count). The molecule has 0 atom stereocenters. The van der Waals surface area contributed by atoms with E-state index in [1.807, 2.05) is 17.0 Å². The van der Waals surface area contributed by atoms with Crippen LogP contribution >= 0.6 is 0 Å². The number of carbonyl (C=O) groups is 3. The summed E-state index contributed by atoms with van der Waals surface area (Å²) in [5.74, 6) is 0.0959. The van der Waals surface area contributed by atoms with Gasteiger partial charge in [-0.05, 0) is 55.6 Å². The maximum Gasteiger partial charge on any atom is 0.326 e. The number of pyridine rings is 1. The molecule has 1 aromatic rings. The average Bonchev–Trinajstić information content (AvgIpc) is 2.96. The standard InChI is InChI=1S/C24H36N4O4/c1-5-32-20(29)10-14-27(16-18-7-6-13-25-15-18)17-28-21(30)24(26-22(28)31)11-8-19(9-12-24)23(2,3)4/h6-7,13,15,19H,5,8-12,14,16-17H2,1-4H3,(H,26,31). The molecule has 0 unspecified atom stereocenters. The molecule has 8 nitrogen and oxygen atoms in total. The maximum atomic E-state index is 13.4. The topological polar surface area (TPSA) is 91.8 Å². The molecule has 1 N–H and O–H groups in total. The number of amides is 3. The zero-order chi connectivity index (χ0) is 23.4. The number of imide groups is 1. The van der Waals surface area contributed by atoms with E-state index in [0.717, 1.165) is 18.4 Å². The van der Waals surface area contributed by atoms with Crippen molar-refractivity contribution in [3.8, 4) is 0 Å². The number of rotatable bonds is 8. The van der Waals surface area contributed by atoms with E-state index in [1.165, 1.54) is 4.90 Å². The molecule has 0 aromatic carbocycles. The number of nitrogens with one attached hydrogen (secondary N) is 1. The third kappa shape index (κ3) is 5.65. The van der Waals surface area contributed by atoms with E-state index < -0.39 is 5.54 Å². The molecular formula is C24H36N4O4. The van der Waals surface area contributed by atoms with Crippen molar-refractivity contribution in [2.45, 2.75) is 71.9 Å². The Morgan fingerprint density at radius 2 is 2.03 bits per heavy atom. The van der Waals surface area contributed by atoms with Crippen molar-refractivity contribution in [3.05, 3.63) is 30.1 Å². The minimum atomic E-state index is -0.792. The fraction of sp³-hybridized carbons (Fsp3) is 0.667. The summed E-state index contributed by atoms with van der Waals surface area (Å²) in [7, 11) is 0. The van der Waals surface area contributed by atoms with Gasteiger partial charge in [-0.2, -0.15) is 0 Å². The predicted molar refractivity (Wildman–Crippen MR) is 120 cm³/mol. The molecule has 8 heteroatoms. The van der Waals surface area contributed by atoms with Gasteiger partial charge in [-0.25, -0.2) is 9.69 Å². The lowest BCUT2D eigenvalue weighted by Gasteiger charge is -2.40. The molecule has 2 fully saturated rings.